The molecule has 0 spiro atoms. The van der Waals surface area contributed by atoms with Gasteiger partial charge in [0.05, 0.1) is 5.41 Å². The number of nitroso groups, excluding NO2 is 1. The first kappa shape index (κ1) is 16.9. The average Bonchev–Trinajstić information content (AvgIpc) is 2.93. The van der Waals surface area contributed by atoms with Gasteiger partial charge in [0.1, 0.15) is 12.1 Å². The molecule has 1 amide bonds. The predicted octanol–water partition coefficient (Wildman–Crippen LogP) is 0.482. The lowest BCUT2D eigenvalue weighted by Crippen LogP contribution is -2.57. The number of likely N-dealkylation sites (tertiary alicyclic amines) is 1. The summed E-state index contributed by atoms with van der Waals surface area (Å²) in [5.74, 6) is -1.39. The summed E-state index contributed by atoms with van der Waals surface area (Å²) in [4.78, 5) is 36.3. The van der Waals surface area contributed by atoms with Crippen LogP contribution in [-0.2, 0) is 9.59 Å². The molecule has 1 aliphatic rings. The van der Waals surface area contributed by atoms with Crippen LogP contribution in [0.2, 0.25) is 0 Å². The number of aliphatic carboxylic acids is 1. The van der Waals surface area contributed by atoms with E-state index in [1.54, 1.807) is 6.92 Å². The second-order valence-electron chi connectivity index (χ2n) is 5.04. The van der Waals surface area contributed by atoms with Crippen LogP contribution in [0.5, 0.6) is 0 Å². The van der Waals surface area contributed by atoms with Crippen LogP contribution in [0.1, 0.15) is 26.2 Å². The molecule has 7 nitrogen and oxygen atoms in total. The van der Waals surface area contributed by atoms with E-state index in [4.69, 9.17) is 10.8 Å². The summed E-state index contributed by atoms with van der Waals surface area (Å²) in [5.41, 5.74) is 4.49. The van der Waals surface area contributed by atoms with Crippen molar-refractivity contribution >= 4 is 24.5 Å². The average molecular weight is 303 g/mol. The van der Waals surface area contributed by atoms with Gasteiger partial charge in [0.2, 0.25) is 5.91 Å². The van der Waals surface area contributed by atoms with Gasteiger partial charge in [-0.25, -0.2) is 4.79 Å². The van der Waals surface area contributed by atoms with E-state index in [1.165, 1.54) is 4.90 Å². The number of hydrogen-bond acceptors (Lipinski definition) is 6. The fraction of sp³-hybridized carbons (Fsp3) is 0.833. The van der Waals surface area contributed by atoms with E-state index in [2.05, 4.69) is 17.8 Å². The minimum absolute atomic E-state index is 0.0649. The fourth-order valence-corrected chi connectivity index (χ4v) is 3.20. The SMILES string of the molecule is CCC(N=O)C(CN)(CS)C(=O)N1CCC[C@H]1C(=O)O. The van der Waals surface area contributed by atoms with Crippen molar-refractivity contribution in [3.05, 3.63) is 4.91 Å². The van der Waals surface area contributed by atoms with Gasteiger partial charge in [-0.1, -0.05) is 12.1 Å². The van der Waals surface area contributed by atoms with Gasteiger partial charge in [-0.3, -0.25) is 4.79 Å². The van der Waals surface area contributed by atoms with Crippen molar-refractivity contribution in [3.8, 4) is 0 Å². The quantitative estimate of drug-likeness (QED) is 0.468. The maximum atomic E-state index is 12.7. The van der Waals surface area contributed by atoms with Crippen molar-refractivity contribution in [2.75, 3.05) is 18.8 Å². The summed E-state index contributed by atoms with van der Waals surface area (Å²) < 4.78 is 0. The van der Waals surface area contributed by atoms with E-state index >= 15 is 0 Å². The fourth-order valence-electron chi connectivity index (χ4n) is 2.72. The maximum Gasteiger partial charge on any atom is 0.326 e. The first-order valence-electron chi connectivity index (χ1n) is 6.65. The highest BCUT2D eigenvalue weighted by atomic mass is 32.1. The number of rotatable bonds is 7. The van der Waals surface area contributed by atoms with Crippen molar-refractivity contribution < 1.29 is 14.7 Å². The zero-order valence-electron chi connectivity index (χ0n) is 11.5. The summed E-state index contributed by atoms with van der Waals surface area (Å²) in [6.45, 7) is 2.02. The third-order valence-corrected chi connectivity index (χ3v) is 4.59. The molecule has 3 N–H and O–H groups in total. The molecule has 20 heavy (non-hydrogen) atoms. The molecular formula is C12H21N3O4S. The molecule has 0 aromatic rings. The first-order chi connectivity index (χ1) is 9.48. The van der Waals surface area contributed by atoms with Crippen molar-refractivity contribution in [3.63, 3.8) is 0 Å². The van der Waals surface area contributed by atoms with Crippen LogP contribution in [0.3, 0.4) is 0 Å². The number of carbonyl (C=O) groups is 2. The van der Waals surface area contributed by atoms with Crippen LogP contribution in [0, 0.1) is 10.3 Å². The number of nitrogens with two attached hydrogens (primary N) is 1. The highest BCUT2D eigenvalue weighted by molar-refractivity contribution is 7.80. The lowest BCUT2D eigenvalue weighted by molar-refractivity contribution is -0.153. The van der Waals surface area contributed by atoms with Crippen molar-refractivity contribution in [1.82, 2.24) is 4.90 Å². The molecule has 0 radical (unpaired) electrons. The molecular weight excluding hydrogens is 282 g/mol. The van der Waals surface area contributed by atoms with Crippen LogP contribution < -0.4 is 5.73 Å². The number of hydrogen-bond donors (Lipinski definition) is 3. The van der Waals surface area contributed by atoms with Gasteiger partial charge in [0.15, 0.2) is 0 Å². The van der Waals surface area contributed by atoms with E-state index < -0.39 is 29.4 Å². The van der Waals surface area contributed by atoms with Crippen LogP contribution in [0.15, 0.2) is 5.18 Å². The third-order valence-electron chi connectivity index (χ3n) is 4.02. The Morgan fingerprint density at radius 1 is 1.60 bits per heavy atom. The molecule has 3 atom stereocenters. The number of carboxylic acid groups (broad SMARTS) is 1. The Balaban J connectivity index is 3.11. The first-order valence-corrected chi connectivity index (χ1v) is 7.29. The van der Waals surface area contributed by atoms with Gasteiger partial charge in [-0.15, -0.1) is 0 Å². The monoisotopic (exact) mass is 303 g/mol. The van der Waals surface area contributed by atoms with Crippen molar-refractivity contribution in [1.29, 1.82) is 0 Å². The highest BCUT2D eigenvalue weighted by Crippen LogP contribution is 2.33. The molecule has 1 saturated heterocycles. The molecule has 1 aliphatic heterocycles. The van der Waals surface area contributed by atoms with Crippen molar-refractivity contribution in [2.45, 2.75) is 38.3 Å². The Morgan fingerprint density at radius 3 is 2.65 bits per heavy atom. The second kappa shape index (κ2) is 7.03. The lowest BCUT2D eigenvalue weighted by Gasteiger charge is -2.37. The normalized spacial score (nSPS) is 23.1. The van der Waals surface area contributed by atoms with Gasteiger partial charge in [-0.05, 0) is 19.3 Å². The molecule has 0 aromatic heterocycles. The Bertz CT molecular complexity index is 387. The minimum Gasteiger partial charge on any atom is -0.480 e. The summed E-state index contributed by atoms with van der Waals surface area (Å²) in [6, 6.07) is -1.65. The Labute approximate surface area is 123 Å². The molecule has 1 rings (SSSR count). The summed E-state index contributed by atoms with van der Waals surface area (Å²) in [5, 5.41) is 12.2. The van der Waals surface area contributed by atoms with Crippen LogP contribution in [0.4, 0.5) is 0 Å². The second-order valence-corrected chi connectivity index (χ2v) is 5.36. The molecule has 2 unspecified atom stereocenters. The molecule has 0 aromatic carbocycles. The van der Waals surface area contributed by atoms with Gasteiger partial charge in [0.25, 0.3) is 0 Å². The molecule has 0 aliphatic carbocycles. The lowest BCUT2D eigenvalue weighted by atomic mass is 9.79. The molecule has 8 heteroatoms. The van der Waals surface area contributed by atoms with Gasteiger partial charge in [-0.2, -0.15) is 17.5 Å². The number of amides is 1. The van der Waals surface area contributed by atoms with E-state index in [1.807, 2.05) is 0 Å². The zero-order chi connectivity index (χ0) is 15.3. The molecule has 1 fully saturated rings. The standard InChI is InChI=1S/C12H21N3O4S/c1-2-9(14-19)12(6-13,7-20)11(18)15-5-3-4-8(15)10(16)17/h8-9,20H,2-7,13H2,1H3,(H,16,17)/t8-,9?,12?/m0/s1. The number of carboxylic acids is 1. The summed E-state index contributed by atoms with van der Waals surface area (Å²) >= 11 is 4.17. The van der Waals surface area contributed by atoms with Gasteiger partial charge in [0, 0.05) is 18.8 Å². The van der Waals surface area contributed by atoms with E-state index in [0.29, 0.717) is 25.8 Å². The van der Waals surface area contributed by atoms with Gasteiger partial charge < -0.3 is 15.7 Å². The molecule has 0 saturated carbocycles. The van der Waals surface area contributed by atoms with E-state index in [0.717, 1.165) is 0 Å². The topological polar surface area (TPSA) is 113 Å². The number of thiol groups is 1. The van der Waals surface area contributed by atoms with E-state index in [9.17, 15) is 14.5 Å². The third kappa shape index (κ3) is 2.80. The molecule has 114 valence electrons. The van der Waals surface area contributed by atoms with Gasteiger partial charge >= 0.3 is 5.97 Å². The van der Waals surface area contributed by atoms with Crippen molar-refractivity contribution in [2.24, 2.45) is 16.3 Å². The minimum atomic E-state index is -1.22. The maximum absolute atomic E-state index is 12.7. The predicted molar refractivity (Wildman–Crippen MR) is 77.6 cm³/mol. The molecule has 0 bridgehead atoms. The smallest absolute Gasteiger partial charge is 0.326 e. The highest BCUT2D eigenvalue weighted by Gasteiger charge is 2.49. The summed E-state index contributed by atoms with van der Waals surface area (Å²) in [7, 11) is 0. The Hall–Kier alpha value is -1.15. The number of nitrogens with zero attached hydrogens (tertiary/aromatic N) is 2. The molecule has 1 heterocycles. The number of carbonyl (C=O) groups excluding carboxylic acids is 1. The Kier molecular flexibility index (Phi) is 5.94. The summed E-state index contributed by atoms with van der Waals surface area (Å²) in [6.07, 6.45) is 1.40. The van der Waals surface area contributed by atoms with Crippen LogP contribution >= 0.6 is 12.6 Å². The zero-order valence-corrected chi connectivity index (χ0v) is 12.4. The van der Waals surface area contributed by atoms with Crippen LogP contribution in [0.25, 0.3) is 0 Å². The van der Waals surface area contributed by atoms with E-state index in [-0.39, 0.29) is 12.3 Å². The Morgan fingerprint density at radius 2 is 2.25 bits per heavy atom. The van der Waals surface area contributed by atoms with Crippen LogP contribution in [-0.4, -0.2) is 52.8 Å². The largest absolute Gasteiger partial charge is 0.480 e.